The summed E-state index contributed by atoms with van der Waals surface area (Å²) >= 11 is 0. The average Bonchev–Trinajstić information content (AvgIpc) is 2.65. The van der Waals surface area contributed by atoms with Gasteiger partial charge in [0.25, 0.3) is 10.0 Å². The molecule has 0 saturated heterocycles. The van der Waals surface area contributed by atoms with Gasteiger partial charge in [-0.05, 0) is 31.5 Å². The number of methoxy groups -OCH3 is 2. The van der Waals surface area contributed by atoms with E-state index >= 15 is 0 Å². The standard InChI is InChI=1S/C16H19N5O7S/c1-9-5-6-11(28-8-13(22)26-3)12(7-9)29(24,25)21-15(23)19-14-17-10(2)18-16(20-14)27-4/h5-7H,8H2,1-4H3,(H2,17,18,19,20,21,23). The van der Waals surface area contributed by atoms with Crippen LogP contribution in [0.4, 0.5) is 10.7 Å². The molecule has 0 atom stereocenters. The monoisotopic (exact) mass is 425 g/mol. The highest BCUT2D eigenvalue weighted by molar-refractivity contribution is 7.90. The zero-order chi connectivity index (χ0) is 21.6. The lowest BCUT2D eigenvalue weighted by atomic mass is 10.2. The molecule has 156 valence electrons. The lowest BCUT2D eigenvalue weighted by molar-refractivity contribution is -0.142. The number of nitrogens with one attached hydrogen (secondary N) is 2. The van der Waals surface area contributed by atoms with Gasteiger partial charge in [0, 0.05) is 0 Å². The van der Waals surface area contributed by atoms with Crippen LogP contribution in [-0.4, -0.2) is 56.2 Å². The summed E-state index contributed by atoms with van der Waals surface area (Å²) < 4.78 is 41.7. The topological polar surface area (TPSA) is 159 Å². The molecule has 0 radical (unpaired) electrons. The number of hydrogen-bond donors (Lipinski definition) is 2. The van der Waals surface area contributed by atoms with Gasteiger partial charge in [0.15, 0.2) is 6.61 Å². The predicted molar refractivity (Wildman–Crippen MR) is 99.1 cm³/mol. The van der Waals surface area contributed by atoms with E-state index in [1.807, 2.05) is 4.72 Å². The Balaban J connectivity index is 2.22. The number of hydrogen-bond acceptors (Lipinski definition) is 10. The third-order valence-corrected chi connectivity index (χ3v) is 4.68. The second-order valence-electron chi connectivity index (χ2n) is 5.57. The van der Waals surface area contributed by atoms with Crippen molar-refractivity contribution in [2.24, 2.45) is 0 Å². The van der Waals surface area contributed by atoms with Crippen LogP contribution in [0.2, 0.25) is 0 Å². The number of urea groups is 1. The van der Waals surface area contributed by atoms with E-state index in [4.69, 9.17) is 9.47 Å². The smallest absolute Gasteiger partial charge is 0.343 e. The number of amides is 2. The minimum absolute atomic E-state index is 0.0483. The second kappa shape index (κ2) is 9.14. The molecule has 13 heteroatoms. The Hall–Kier alpha value is -3.48. The molecule has 2 aromatic rings. The minimum Gasteiger partial charge on any atom is -0.480 e. The molecule has 0 aliphatic rings. The maximum absolute atomic E-state index is 12.7. The molecular formula is C16H19N5O7S. The fourth-order valence-corrected chi connectivity index (χ4v) is 3.19. The van der Waals surface area contributed by atoms with Crippen LogP contribution in [0.3, 0.4) is 0 Å². The lowest BCUT2D eigenvalue weighted by Crippen LogP contribution is -2.35. The molecular weight excluding hydrogens is 406 g/mol. The second-order valence-corrected chi connectivity index (χ2v) is 7.22. The lowest BCUT2D eigenvalue weighted by Gasteiger charge is -2.13. The van der Waals surface area contributed by atoms with Crippen molar-refractivity contribution in [3.8, 4) is 11.8 Å². The highest BCUT2D eigenvalue weighted by Crippen LogP contribution is 2.25. The van der Waals surface area contributed by atoms with Gasteiger partial charge in [0.1, 0.15) is 16.5 Å². The van der Waals surface area contributed by atoms with Crippen molar-refractivity contribution in [2.75, 3.05) is 26.1 Å². The van der Waals surface area contributed by atoms with Gasteiger partial charge in [-0.25, -0.2) is 22.7 Å². The number of rotatable bonds is 7. The van der Waals surface area contributed by atoms with Crippen molar-refractivity contribution in [2.45, 2.75) is 18.7 Å². The predicted octanol–water partition coefficient (Wildman–Crippen LogP) is 0.559. The van der Waals surface area contributed by atoms with Gasteiger partial charge in [-0.3, -0.25) is 5.32 Å². The summed E-state index contributed by atoms with van der Waals surface area (Å²) in [6, 6.07) is 3.08. The Morgan fingerprint density at radius 2 is 1.83 bits per heavy atom. The zero-order valence-electron chi connectivity index (χ0n) is 16.0. The Morgan fingerprint density at radius 1 is 1.10 bits per heavy atom. The van der Waals surface area contributed by atoms with Crippen molar-refractivity contribution in [3.63, 3.8) is 0 Å². The Labute approximate surface area is 166 Å². The largest absolute Gasteiger partial charge is 0.480 e. The van der Waals surface area contributed by atoms with E-state index in [-0.39, 0.29) is 28.4 Å². The third-order valence-electron chi connectivity index (χ3n) is 3.32. The maximum atomic E-state index is 12.7. The van der Waals surface area contributed by atoms with Gasteiger partial charge in [0.05, 0.1) is 14.2 Å². The summed E-state index contributed by atoms with van der Waals surface area (Å²) in [6.45, 7) is 2.70. The molecule has 2 N–H and O–H groups in total. The molecule has 0 saturated carbocycles. The molecule has 12 nitrogen and oxygen atoms in total. The molecule has 1 aromatic carbocycles. The number of carbonyl (C=O) groups excluding carboxylic acids is 2. The number of esters is 1. The normalized spacial score (nSPS) is 10.8. The number of sulfonamides is 1. The number of carbonyl (C=O) groups is 2. The van der Waals surface area contributed by atoms with E-state index in [1.165, 1.54) is 26.4 Å². The van der Waals surface area contributed by atoms with Gasteiger partial charge in [-0.15, -0.1) is 0 Å². The van der Waals surface area contributed by atoms with E-state index in [0.717, 1.165) is 0 Å². The summed E-state index contributed by atoms with van der Waals surface area (Å²) in [5.74, 6) is -0.765. The fourth-order valence-electron chi connectivity index (χ4n) is 2.05. The number of aryl methyl sites for hydroxylation is 2. The number of benzene rings is 1. The van der Waals surface area contributed by atoms with Crippen LogP contribution in [0.5, 0.6) is 11.8 Å². The van der Waals surface area contributed by atoms with Gasteiger partial charge in [0.2, 0.25) is 5.95 Å². The first-order valence-electron chi connectivity index (χ1n) is 8.05. The van der Waals surface area contributed by atoms with E-state index < -0.39 is 28.6 Å². The van der Waals surface area contributed by atoms with E-state index in [0.29, 0.717) is 5.56 Å². The van der Waals surface area contributed by atoms with Crippen molar-refractivity contribution < 1.29 is 32.2 Å². The van der Waals surface area contributed by atoms with Gasteiger partial charge in [-0.1, -0.05) is 6.07 Å². The van der Waals surface area contributed by atoms with Crippen LogP contribution >= 0.6 is 0 Å². The third kappa shape index (κ3) is 6.00. The van der Waals surface area contributed by atoms with Crippen molar-refractivity contribution in [1.29, 1.82) is 0 Å². The van der Waals surface area contributed by atoms with E-state index in [2.05, 4.69) is 25.0 Å². The maximum Gasteiger partial charge on any atom is 0.343 e. The molecule has 2 amide bonds. The number of nitrogens with zero attached hydrogens (tertiary/aromatic N) is 3. The van der Waals surface area contributed by atoms with Gasteiger partial charge >= 0.3 is 18.0 Å². The SMILES string of the molecule is COC(=O)COc1ccc(C)cc1S(=O)(=O)NC(=O)Nc1nc(C)nc(OC)n1. The summed E-state index contributed by atoms with van der Waals surface area (Å²) in [5.41, 5.74) is 0.592. The molecule has 0 unspecified atom stereocenters. The summed E-state index contributed by atoms with van der Waals surface area (Å²) in [7, 11) is -1.86. The van der Waals surface area contributed by atoms with Crippen molar-refractivity contribution in [1.82, 2.24) is 19.7 Å². The number of ether oxygens (including phenoxy) is 3. The molecule has 1 aromatic heterocycles. The zero-order valence-corrected chi connectivity index (χ0v) is 16.9. The van der Waals surface area contributed by atoms with Crippen molar-refractivity contribution in [3.05, 3.63) is 29.6 Å². The summed E-state index contributed by atoms with van der Waals surface area (Å²) in [6.07, 6.45) is 0. The first-order valence-corrected chi connectivity index (χ1v) is 9.53. The Bertz CT molecular complexity index is 1030. The number of aromatic nitrogens is 3. The molecule has 0 spiro atoms. The highest BCUT2D eigenvalue weighted by atomic mass is 32.2. The molecule has 2 rings (SSSR count). The Kier molecular flexibility index (Phi) is 6.88. The van der Waals surface area contributed by atoms with E-state index in [1.54, 1.807) is 19.9 Å². The van der Waals surface area contributed by atoms with E-state index in [9.17, 15) is 18.0 Å². The van der Waals surface area contributed by atoms with Crippen LogP contribution in [0, 0.1) is 13.8 Å². The van der Waals surface area contributed by atoms with Crippen LogP contribution in [0.15, 0.2) is 23.1 Å². The van der Waals surface area contributed by atoms with Crippen LogP contribution in [0.25, 0.3) is 0 Å². The molecule has 1 heterocycles. The fraction of sp³-hybridized carbons (Fsp3) is 0.312. The van der Waals surface area contributed by atoms with Crippen LogP contribution in [0.1, 0.15) is 11.4 Å². The quantitative estimate of drug-likeness (QED) is 0.600. The van der Waals surface area contributed by atoms with Gasteiger partial charge < -0.3 is 14.2 Å². The van der Waals surface area contributed by atoms with Crippen molar-refractivity contribution >= 4 is 28.0 Å². The summed E-state index contributed by atoms with van der Waals surface area (Å²) in [4.78, 5) is 34.6. The Morgan fingerprint density at radius 3 is 2.48 bits per heavy atom. The molecule has 0 aliphatic heterocycles. The molecule has 0 aliphatic carbocycles. The first kappa shape index (κ1) is 21.8. The number of anilines is 1. The van der Waals surface area contributed by atoms with Gasteiger partial charge in [-0.2, -0.15) is 15.0 Å². The molecule has 29 heavy (non-hydrogen) atoms. The molecule has 0 fully saturated rings. The van der Waals surface area contributed by atoms with Crippen LogP contribution < -0.4 is 19.5 Å². The van der Waals surface area contributed by atoms with Crippen LogP contribution in [-0.2, 0) is 19.6 Å². The average molecular weight is 425 g/mol. The summed E-state index contributed by atoms with van der Waals surface area (Å²) in [5, 5.41) is 2.19. The first-order chi connectivity index (χ1) is 13.6. The molecule has 0 bridgehead atoms. The highest BCUT2D eigenvalue weighted by Gasteiger charge is 2.24. The minimum atomic E-state index is -4.35.